The summed E-state index contributed by atoms with van der Waals surface area (Å²) in [5.74, 6) is 0.428. The maximum atomic E-state index is 11.6. The van der Waals surface area contributed by atoms with E-state index in [0.717, 1.165) is 53.3 Å². The summed E-state index contributed by atoms with van der Waals surface area (Å²) < 4.78 is 5.43. The molecule has 2 heterocycles. The van der Waals surface area contributed by atoms with Crippen LogP contribution >= 0.6 is 11.8 Å². The lowest BCUT2D eigenvalue weighted by atomic mass is 10.2. The van der Waals surface area contributed by atoms with Crippen molar-refractivity contribution in [3.8, 4) is 0 Å². The average Bonchev–Trinajstić information content (AvgIpc) is 2.80. The van der Waals surface area contributed by atoms with Crippen LogP contribution in [0.1, 0.15) is 6.92 Å². The molecular weight excluding hydrogens is 436 g/mol. The molecule has 1 aliphatic heterocycles. The van der Waals surface area contributed by atoms with Crippen LogP contribution in [0, 0.1) is 0 Å². The summed E-state index contributed by atoms with van der Waals surface area (Å²) in [5, 5.41) is 7.00. The molecule has 8 nitrogen and oxygen atoms in total. The number of rotatable bonds is 7. The van der Waals surface area contributed by atoms with Gasteiger partial charge in [-0.15, -0.1) is 0 Å². The zero-order valence-electron chi connectivity index (χ0n) is 19.0. The molecule has 3 aromatic rings. The molecule has 9 heteroatoms. The first-order valence-corrected chi connectivity index (χ1v) is 11.6. The zero-order valence-corrected chi connectivity index (χ0v) is 19.9. The van der Waals surface area contributed by atoms with Gasteiger partial charge in [0, 0.05) is 56.6 Å². The fourth-order valence-corrected chi connectivity index (χ4v) is 4.66. The summed E-state index contributed by atoms with van der Waals surface area (Å²) in [4.78, 5) is 26.0. The first-order valence-electron chi connectivity index (χ1n) is 10.8. The Morgan fingerprint density at radius 3 is 2.55 bits per heavy atom. The van der Waals surface area contributed by atoms with E-state index < -0.39 is 0 Å². The van der Waals surface area contributed by atoms with Crippen LogP contribution in [0.15, 0.2) is 64.6 Å². The number of morpholine rings is 1. The normalized spacial score (nSPS) is 13.5. The molecule has 172 valence electrons. The Morgan fingerprint density at radius 2 is 1.85 bits per heavy atom. The minimum Gasteiger partial charge on any atom is -0.378 e. The number of nitrogens with zero attached hydrogens (tertiary/aromatic N) is 4. The molecule has 1 aromatic heterocycles. The van der Waals surface area contributed by atoms with Crippen molar-refractivity contribution in [1.29, 1.82) is 0 Å². The van der Waals surface area contributed by atoms with E-state index in [9.17, 15) is 4.79 Å². The number of para-hydroxylation sites is 1. The topological polar surface area (TPSA) is 82.6 Å². The van der Waals surface area contributed by atoms with Gasteiger partial charge >= 0.3 is 0 Å². The molecule has 4 rings (SSSR count). The molecule has 0 radical (unpaired) electrons. The fourth-order valence-electron chi connectivity index (χ4n) is 3.63. The summed E-state index contributed by atoms with van der Waals surface area (Å²) in [5.41, 5.74) is 3.81. The van der Waals surface area contributed by atoms with Crippen LogP contribution in [0.25, 0.3) is 0 Å². The standard InChI is InChI=1S/C24H28N6O2S/c1-17(31)26-20-5-4-6-21(23(20)29(2)3)33-22-11-12-25-24(28-22)27-18-7-9-19(10-8-18)30-13-15-32-16-14-30/h4-12H,13-16H2,1-3H3,(H,26,31)(H,25,27,28). The number of nitrogens with one attached hydrogen (secondary N) is 2. The Balaban J connectivity index is 1.49. The first kappa shape index (κ1) is 22.9. The highest BCUT2D eigenvalue weighted by molar-refractivity contribution is 7.99. The summed E-state index contributed by atoms with van der Waals surface area (Å²) >= 11 is 1.53. The van der Waals surface area contributed by atoms with Crippen LogP contribution in [0.4, 0.5) is 28.7 Å². The molecule has 0 saturated carbocycles. The molecule has 2 N–H and O–H groups in total. The third kappa shape index (κ3) is 5.94. The Hall–Kier alpha value is -3.30. The van der Waals surface area contributed by atoms with Crippen molar-refractivity contribution in [2.45, 2.75) is 16.8 Å². The van der Waals surface area contributed by atoms with Crippen molar-refractivity contribution in [1.82, 2.24) is 9.97 Å². The number of carbonyl (C=O) groups excluding carboxylic acids is 1. The van der Waals surface area contributed by atoms with Crippen molar-refractivity contribution in [3.63, 3.8) is 0 Å². The van der Waals surface area contributed by atoms with Crippen molar-refractivity contribution < 1.29 is 9.53 Å². The van der Waals surface area contributed by atoms with E-state index in [1.54, 1.807) is 6.20 Å². The van der Waals surface area contributed by atoms with Gasteiger partial charge in [-0.05, 0) is 42.5 Å². The maximum Gasteiger partial charge on any atom is 0.228 e. The van der Waals surface area contributed by atoms with E-state index >= 15 is 0 Å². The van der Waals surface area contributed by atoms with Gasteiger partial charge in [0.15, 0.2) is 0 Å². The minimum atomic E-state index is -0.103. The largest absolute Gasteiger partial charge is 0.378 e. The highest BCUT2D eigenvalue weighted by Crippen LogP contribution is 2.39. The second kappa shape index (κ2) is 10.5. The third-order valence-corrected chi connectivity index (χ3v) is 6.09. The molecule has 1 saturated heterocycles. The van der Waals surface area contributed by atoms with E-state index in [1.165, 1.54) is 24.4 Å². The Morgan fingerprint density at radius 1 is 1.09 bits per heavy atom. The van der Waals surface area contributed by atoms with Gasteiger partial charge in [-0.3, -0.25) is 4.79 Å². The lowest BCUT2D eigenvalue weighted by molar-refractivity contribution is -0.114. The summed E-state index contributed by atoms with van der Waals surface area (Å²) in [6, 6.07) is 16.0. The highest BCUT2D eigenvalue weighted by atomic mass is 32.2. The van der Waals surface area contributed by atoms with Gasteiger partial charge in [0.05, 0.1) is 24.6 Å². The minimum absolute atomic E-state index is 0.103. The summed E-state index contributed by atoms with van der Waals surface area (Å²) in [6.07, 6.45) is 1.74. The Labute approximate surface area is 198 Å². The predicted octanol–water partition coefficient (Wildman–Crippen LogP) is 4.23. The van der Waals surface area contributed by atoms with Crippen LogP contribution < -0.4 is 20.4 Å². The van der Waals surface area contributed by atoms with Crippen LogP contribution in [0.3, 0.4) is 0 Å². The molecule has 2 aromatic carbocycles. The van der Waals surface area contributed by atoms with Gasteiger partial charge in [0.1, 0.15) is 5.03 Å². The van der Waals surface area contributed by atoms with Gasteiger partial charge in [-0.1, -0.05) is 17.8 Å². The van der Waals surface area contributed by atoms with Crippen molar-refractivity contribution in [3.05, 3.63) is 54.7 Å². The number of anilines is 5. The van der Waals surface area contributed by atoms with Crippen LogP contribution in [-0.2, 0) is 9.53 Å². The maximum absolute atomic E-state index is 11.6. The Bertz CT molecular complexity index is 1100. The molecule has 0 unspecified atom stereocenters. The quantitative estimate of drug-likeness (QED) is 0.503. The van der Waals surface area contributed by atoms with Gasteiger partial charge < -0.3 is 25.2 Å². The number of ether oxygens (including phenoxy) is 1. The lowest BCUT2D eigenvalue weighted by Gasteiger charge is -2.28. The molecule has 33 heavy (non-hydrogen) atoms. The van der Waals surface area contributed by atoms with Crippen LogP contribution in [0.2, 0.25) is 0 Å². The third-order valence-electron chi connectivity index (χ3n) is 5.10. The smallest absolute Gasteiger partial charge is 0.228 e. The summed E-state index contributed by atoms with van der Waals surface area (Å²) in [6.45, 7) is 4.86. The molecular formula is C24H28N6O2S. The summed E-state index contributed by atoms with van der Waals surface area (Å²) in [7, 11) is 3.91. The molecule has 0 atom stereocenters. The molecule has 1 amide bonds. The van der Waals surface area contributed by atoms with E-state index in [-0.39, 0.29) is 5.91 Å². The van der Waals surface area contributed by atoms with Crippen molar-refractivity contribution in [2.24, 2.45) is 0 Å². The van der Waals surface area contributed by atoms with Crippen molar-refractivity contribution in [2.75, 3.05) is 60.8 Å². The molecule has 0 bridgehead atoms. The van der Waals surface area contributed by atoms with Crippen LogP contribution in [0.5, 0.6) is 0 Å². The first-order chi connectivity index (χ1) is 16.0. The van der Waals surface area contributed by atoms with E-state index in [0.29, 0.717) is 5.95 Å². The molecule has 1 fully saturated rings. The van der Waals surface area contributed by atoms with Crippen LogP contribution in [-0.4, -0.2) is 56.3 Å². The van der Waals surface area contributed by atoms with E-state index in [1.807, 2.05) is 55.4 Å². The number of amides is 1. The SMILES string of the molecule is CC(=O)Nc1cccc(Sc2ccnc(Nc3ccc(N4CCOCC4)cc3)n2)c1N(C)C. The molecule has 0 aliphatic carbocycles. The van der Waals surface area contributed by atoms with Crippen molar-refractivity contribution >= 4 is 46.4 Å². The van der Waals surface area contributed by atoms with E-state index in [2.05, 4.69) is 37.6 Å². The second-order valence-corrected chi connectivity index (χ2v) is 8.88. The fraction of sp³-hybridized carbons (Fsp3) is 0.292. The molecule has 0 spiro atoms. The van der Waals surface area contributed by atoms with Gasteiger partial charge in [-0.2, -0.15) is 0 Å². The van der Waals surface area contributed by atoms with Gasteiger partial charge in [0.25, 0.3) is 0 Å². The second-order valence-electron chi connectivity index (χ2n) is 7.82. The monoisotopic (exact) mass is 464 g/mol. The van der Waals surface area contributed by atoms with Gasteiger partial charge in [-0.25, -0.2) is 9.97 Å². The number of aromatic nitrogens is 2. The number of benzene rings is 2. The Kier molecular flexibility index (Phi) is 7.31. The number of hydrogen-bond donors (Lipinski definition) is 2. The van der Waals surface area contributed by atoms with Gasteiger partial charge in [0.2, 0.25) is 11.9 Å². The highest BCUT2D eigenvalue weighted by Gasteiger charge is 2.14. The number of carbonyl (C=O) groups is 1. The zero-order chi connectivity index (χ0) is 23.2. The van der Waals surface area contributed by atoms with E-state index in [4.69, 9.17) is 4.74 Å². The lowest BCUT2D eigenvalue weighted by Crippen LogP contribution is -2.36. The number of hydrogen-bond acceptors (Lipinski definition) is 8. The molecule has 1 aliphatic rings. The average molecular weight is 465 g/mol. The predicted molar refractivity (Wildman–Crippen MR) is 134 cm³/mol.